The van der Waals surface area contributed by atoms with E-state index < -0.39 is 5.97 Å². The SMILES string of the molecule is CCOC(=O)c1sc(N(C)C(=O)c2ccc(N(CC)CC)nc2)nc1C. The highest BCUT2D eigenvalue weighted by molar-refractivity contribution is 7.17. The van der Waals surface area contributed by atoms with Crippen LogP contribution in [0.4, 0.5) is 10.9 Å². The average molecular weight is 376 g/mol. The van der Waals surface area contributed by atoms with Crippen molar-refractivity contribution in [3.05, 3.63) is 34.5 Å². The van der Waals surface area contributed by atoms with Crippen LogP contribution in [0.2, 0.25) is 0 Å². The highest BCUT2D eigenvalue weighted by Gasteiger charge is 2.22. The first-order valence-electron chi connectivity index (χ1n) is 8.56. The van der Waals surface area contributed by atoms with Crippen LogP contribution < -0.4 is 9.80 Å². The minimum atomic E-state index is -0.417. The summed E-state index contributed by atoms with van der Waals surface area (Å²) in [6.45, 7) is 9.60. The lowest BCUT2D eigenvalue weighted by atomic mass is 10.2. The zero-order valence-corrected chi connectivity index (χ0v) is 16.6. The maximum absolute atomic E-state index is 12.7. The zero-order chi connectivity index (χ0) is 19.3. The summed E-state index contributed by atoms with van der Waals surface area (Å²) in [6, 6.07) is 3.59. The smallest absolute Gasteiger partial charge is 0.350 e. The number of aromatic nitrogens is 2. The lowest BCUT2D eigenvalue weighted by Gasteiger charge is -2.20. The van der Waals surface area contributed by atoms with E-state index in [0.717, 1.165) is 30.2 Å². The first-order valence-corrected chi connectivity index (χ1v) is 9.38. The van der Waals surface area contributed by atoms with Gasteiger partial charge in [-0.05, 0) is 39.8 Å². The van der Waals surface area contributed by atoms with E-state index in [0.29, 0.717) is 27.9 Å². The van der Waals surface area contributed by atoms with Gasteiger partial charge >= 0.3 is 5.97 Å². The van der Waals surface area contributed by atoms with Gasteiger partial charge in [-0.3, -0.25) is 9.69 Å². The number of esters is 1. The molecular weight excluding hydrogens is 352 g/mol. The van der Waals surface area contributed by atoms with Crippen LogP contribution in [0, 0.1) is 6.92 Å². The van der Waals surface area contributed by atoms with Gasteiger partial charge in [0.15, 0.2) is 5.13 Å². The van der Waals surface area contributed by atoms with Crippen LogP contribution in [0.1, 0.15) is 46.5 Å². The van der Waals surface area contributed by atoms with Crippen LogP contribution in [-0.4, -0.2) is 48.6 Å². The van der Waals surface area contributed by atoms with E-state index in [1.54, 1.807) is 33.2 Å². The Kier molecular flexibility index (Phi) is 6.68. The van der Waals surface area contributed by atoms with Gasteiger partial charge in [-0.1, -0.05) is 11.3 Å². The third-order valence-corrected chi connectivity index (χ3v) is 5.13. The van der Waals surface area contributed by atoms with E-state index in [1.807, 2.05) is 6.07 Å². The highest BCUT2D eigenvalue weighted by Crippen LogP contribution is 2.27. The Hall–Kier alpha value is -2.48. The van der Waals surface area contributed by atoms with E-state index in [2.05, 4.69) is 28.7 Å². The molecule has 26 heavy (non-hydrogen) atoms. The van der Waals surface area contributed by atoms with Crippen molar-refractivity contribution in [1.29, 1.82) is 0 Å². The fraction of sp³-hybridized carbons (Fsp3) is 0.444. The Morgan fingerprint density at radius 1 is 1.19 bits per heavy atom. The van der Waals surface area contributed by atoms with Gasteiger partial charge in [0, 0.05) is 26.3 Å². The molecule has 0 unspecified atom stereocenters. The summed E-state index contributed by atoms with van der Waals surface area (Å²) in [7, 11) is 1.63. The number of anilines is 2. The number of carbonyl (C=O) groups is 2. The number of amides is 1. The van der Waals surface area contributed by atoms with Crippen LogP contribution in [0.3, 0.4) is 0 Å². The standard InChI is InChI=1S/C18H24N4O3S/c1-6-22(7-2)14-10-9-13(11-19-14)16(23)21(5)18-20-12(4)15(26-18)17(24)25-8-3/h9-11H,6-8H2,1-5H3. The molecular formula is C18H24N4O3S. The average Bonchev–Trinajstić information content (AvgIpc) is 3.04. The van der Waals surface area contributed by atoms with E-state index in [-0.39, 0.29) is 5.91 Å². The molecule has 0 aliphatic rings. The molecule has 0 aliphatic heterocycles. The number of ether oxygens (including phenoxy) is 1. The van der Waals surface area contributed by atoms with Crippen molar-refractivity contribution >= 4 is 34.2 Å². The van der Waals surface area contributed by atoms with E-state index in [1.165, 1.54) is 4.90 Å². The molecule has 2 aromatic rings. The van der Waals surface area contributed by atoms with Gasteiger partial charge in [-0.2, -0.15) is 0 Å². The molecule has 2 heterocycles. The Bertz CT molecular complexity index is 769. The number of hydrogen-bond acceptors (Lipinski definition) is 7. The number of hydrogen-bond donors (Lipinski definition) is 0. The third-order valence-electron chi connectivity index (χ3n) is 3.92. The largest absolute Gasteiger partial charge is 0.462 e. The predicted octanol–water partition coefficient (Wildman–Crippen LogP) is 3.15. The van der Waals surface area contributed by atoms with Crippen LogP contribution in [0.15, 0.2) is 18.3 Å². The normalized spacial score (nSPS) is 10.5. The van der Waals surface area contributed by atoms with Gasteiger partial charge in [-0.25, -0.2) is 14.8 Å². The lowest BCUT2D eigenvalue weighted by molar-refractivity contribution is 0.0531. The van der Waals surface area contributed by atoms with Gasteiger partial charge in [0.25, 0.3) is 5.91 Å². The molecule has 7 nitrogen and oxygen atoms in total. The molecule has 0 bridgehead atoms. The zero-order valence-electron chi connectivity index (χ0n) is 15.8. The molecule has 0 saturated heterocycles. The number of carbonyl (C=O) groups excluding carboxylic acids is 2. The monoisotopic (exact) mass is 376 g/mol. The Labute approximate surface area is 157 Å². The summed E-state index contributed by atoms with van der Waals surface area (Å²) in [4.78, 5) is 37.3. The molecule has 2 rings (SSSR count). The van der Waals surface area contributed by atoms with Gasteiger partial charge in [-0.15, -0.1) is 0 Å². The molecule has 0 aromatic carbocycles. The summed E-state index contributed by atoms with van der Waals surface area (Å²) < 4.78 is 5.02. The molecule has 0 N–H and O–H groups in total. The van der Waals surface area contributed by atoms with Crippen molar-refractivity contribution in [2.24, 2.45) is 0 Å². The Morgan fingerprint density at radius 3 is 2.42 bits per heavy atom. The number of aryl methyl sites for hydroxylation is 1. The molecule has 0 atom stereocenters. The summed E-state index contributed by atoms with van der Waals surface area (Å²) in [5, 5.41) is 0.448. The second-order valence-corrected chi connectivity index (χ2v) is 6.55. The summed E-state index contributed by atoms with van der Waals surface area (Å²) in [5.74, 6) is 0.191. The van der Waals surface area contributed by atoms with Gasteiger partial charge < -0.3 is 9.64 Å². The van der Waals surface area contributed by atoms with Gasteiger partial charge in [0.2, 0.25) is 0 Å². The molecule has 1 amide bonds. The molecule has 0 fully saturated rings. The van der Waals surface area contributed by atoms with Gasteiger partial charge in [0.1, 0.15) is 10.7 Å². The predicted molar refractivity (Wildman–Crippen MR) is 103 cm³/mol. The van der Waals surface area contributed by atoms with E-state index >= 15 is 0 Å². The van der Waals surface area contributed by atoms with Crippen LogP contribution in [-0.2, 0) is 4.74 Å². The minimum absolute atomic E-state index is 0.229. The number of rotatable bonds is 7. The third kappa shape index (κ3) is 4.19. The van der Waals surface area contributed by atoms with Gasteiger partial charge in [0.05, 0.1) is 17.9 Å². The number of thiazole rings is 1. The Balaban J connectivity index is 2.19. The molecule has 8 heteroatoms. The summed E-state index contributed by atoms with van der Waals surface area (Å²) >= 11 is 1.14. The molecule has 0 radical (unpaired) electrons. The quantitative estimate of drug-likeness (QED) is 0.691. The lowest BCUT2D eigenvalue weighted by Crippen LogP contribution is -2.27. The summed E-state index contributed by atoms with van der Waals surface area (Å²) in [5.41, 5.74) is 1.02. The fourth-order valence-electron chi connectivity index (χ4n) is 2.44. The van der Waals surface area contributed by atoms with Crippen molar-refractivity contribution in [3.63, 3.8) is 0 Å². The first kappa shape index (κ1) is 19.8. The summed E-state index contributed by atoms with van der Waals surface area (Å²) in [6.07, 6.45) is 1.57. The topological polar surface area (TPSA) is 75.6 Å². The maximum atomic E-state index is 12.7. The number of nitrogens with zero attached hydrogens (tertiary/aromatic N) is 4. The number of pyridine rings is 1. The van der Waals surface area contributed by atoms with Crippen molar-refractivity contribution in [2.75, 3.05) is 36.5 Å². The van der Waals surface area contributed by atoms with Crippen LogP contribution in [0.25, 0.3) is 0 Å². The van der Waals surface area contributed by atoms with Crippen molar-refractivity contribution in [2.45, 2.75) is 27.7 Å². The molecule has 140 valence electrons. The Morgan fingerprint density at radius 2 is 1.88 bits per heavy atom. The van der Waals surface area contributed by atoms with E-state index in [4.69, 9.17) is 4.74 Å². The maximum Gasteiger partial charge on any atom is 0.350 e. The molecule has 0 saturated carbocycles. The second-order valence-electron chi connectivity index (χ2n) is 5.57. The molecule has 0 aliphatic carbocycles. The van der Waals surface area contributed by atoms with Crippen molar-refractivity contribution < 1.29 is 14.3 Å². The highest BCUT2D eigenvalue weighted by atomic mass is 32.1. The minimum Gasteiger partial charge on any atom is -0.462 e. The van der Waals surface area contributed by atoms with Crippen LogP contribution in [0.5, 0.6) is 0 Å². The van der Waals surface area contributed by atoms with Crippen molar-refractivity contribution in [3.8, 4) is 0 Å². The fourth-order valence-corrected chi connectivity index (χ4v) is 3.36. The van der Waals surface area contributed by atoms with E-state index in [9.17, 15) is 9.59 Å². The first-order chi connectivity index (χ1) is 12.4. The van der Waals surface area contributed by atoms with Crippen LogP contribution >= 0.6 is 11.3 Å². The van der Waals surface area contributed by atoms with Crippen molar-refractivity contribution in [1.82, 2.24) is 9.97 Å². The molecule has 2 aromatic heterocycles. The molecule has 0 spiro atoms. The second kappa shape index (κ2) is 8.75.